The van der Waals surface area contributed by atoms with Gasteiger partial charge in [0, 0.05) is 24.7 Å². The summed E-state index contributed by atoms with van der Waals surface area (Å²) in [6.07, 6.45) is 2.08. The van der Waals surface area contributed by atoms with E-state index < -0.39 is 35.8 Å². The quantitative estimate of drug-likeness (QED) is 0.248. The van der Waals surface area contributed by atoms with E-state index in [2.05, 4.69) is 0 Å². The molecule has 1 unspecified atom stereocenters. The Balaban J connectivity index is 1.83. The van der Waals surface area contributed by atoms with Crippen LogP contribution < -0.4 is 4.74 Å². The van der Waals surface area contributed by atoms with Crippen LogP contribution in [0.15, 0.2) is 48.6 Å². The van der Waals surface area contributed by atoms with Gasteiger partial charge in [-0.15, -0.1) is 0 Å². The van der Waals surface area contributed by atoms with Crippen molar-refractivity contribution in [2.24, 2.45) is 11.8 Å². The van der Waals surface area contributed by atoms with E-state index in [-0.39, 0.29) is 36.6 Å². The lowest BCUT2D eigenvalue weighted by Crippen LogP contribution is -2.20. The number of unbranched alkanes of at least 4 members (excludes halogenated alkanes) is 1. The molecule has 35 heavy (non-hydrogen) atoms. The van der Waals surface area contributed by atoms with Gasteiger partial charge in [-0.3, -0.25) is 9.59 Å². The van der Waals surface area contributed by atoms with Crippen LogP contribution in [0.25, 0.3) is 0 Å². The number of Topliss-reactive ketones (excluding diaryl/α,β-unsaturated/α-hetero) is 1. The van der Waals surface area contributed by atoms with Crippen molar-refractivity contribution < 1.29 is 42.4 Å². The first-order valence-corrected chi connectivity index (χ1v) is 11.7. The number of ketones is 1. The SMILES string of the molecule is CC(C)OC(=O)CCCC=CC[C@H]1C(=O)C[C@@H](O)[C@@H]1C=CC(O)COc1cccc(C(F)(F)F)c1. The Bertz CT molecular complexity index is 893. The molecule has 0 saturated heterocycles. The van der Waals surface area contributed by atoms with Gasteiger partial charge in [0.05, 0.1) is 17.8 Å². The zero-order chi connectivity index (χ0) is 26.0. The molecule has 1 saturated carbocycles. The molecule has 4 atom stereocenters. The highest BCUT2D eigenvalue weighted by atomic mass is 19.4. The second-order valence-corrected chi connectivity index (χ2v) is 8.85. The van der Waals surface area contributed by atoms with E-state index in [4.69, 9.17) is 9.47 Å². The van der Waals surface area contributed by atoms with Gasteiger partial charge in [0.2, 0.25) is 0 Å². The van der Waals surface area contributed by atoms with Crippen molar-refractivity contribution in [2.75, 3.05) is 6.61 Å². The number of benzene rings is 1. The maximum absolute atomic E-state index is 12.8. The molecule has 1 aliphatic carbocycles. The second kappa shape index (κ2) is 13.4. The topological polar surface area (TPSA) is 93.1 Å². The molecule has 6 nitrogen and oxygen atoms in total. The van der Waals surface area contributed by atoms with Crippen LogP contribution in [0.5, 0.6) is 5.75 Å². The van der Waals surface area contributed by atoms with Gasteiger partial charge in [0.25, 0.3) is 0 Å². The lowest BCUT2D eigenvalue weighted by atomic mass is 9.90. The van der Waals surface area contributed by atoms with Crippen molar-refractivity contribution >= 4 is 11.8 Å². The molecule has 1 fully saturated rings. The third kappa shape index (κ3) is 9.85. The Labute approximate surface area is 203 Å². The zero-order valence-corrected chi connectivity index (χ0v) is 19.9. The van der Waals surface area contributed by atoms with E-state index in [1.807, 2.05) is 12.2 Å². The fraction of sp³-hybridized carbons (Fsp3) is 0.538. The number of allylic oxidation sites excluding steroid dienone is 2. The minimum absolute atomic E-state index is 0.0192. The predicted octanol–water partition coefficient (Wildman–Crippen LogP) is 4.64. The van der Waals surface area contributed by atoms with Gasteiger partial charge in [-0.25, -0.2) is 0 Å². The number of halogens is 3. The van der Waals surface area contributed by atoms with Crippen molar-refractivity contribution in [2.45, 2.75) is 70.4 Å². The molecule has 0 aromatic heterocycles. The maximum atomic E-state index is 12.8. The Kier molecular flexibility index (Phi) is 11.0. The van der Waals surface area contributed by atoms with E-state index in [9.17, 15) is 33.0 Å². The van der Waals surface area contributed by atoms with Crippen molar-refractivity contribution in [1.29, 1.82) is 0 Å². The molecule has 1 aromatic rings. The number of esters is 1. The number of hydrogen-bond donors (Lipinski definition) is 2. The second-order valence-electron chi connectivity index (χ2n) is 8.85. The van der Waals surface area contributed by atoms with Crippen molar-refractivity contribution in [3.8, 4) is 5.75 Å². The van der Waals surface area contributed by atoms with Gasteiger partial charge >= 0.3 is 12.1 Å². The molecule has 0 bridgehead atoms. The number of alkyl halides is 3. The molecule has 1 aliphatic rings. The standard InChI is InChI=1S/C26H33F3O6/c1-17(2)35-25(33)11-6-4-3-5-10-21-22(24(32)15-23(21)31)13-12-19(30)16-34-20-9-7-8-18(14-20)26(27,28)29/h3,5,7-9,12-14,17,19,21-22,24,30,32H,4,6,10-11,15-16H2,1-2H3/t19?,21-,22-,24-/m1/s1. The number of carbonyl (C=O) groups excluding carboxylic acids is 2. The molecule has 0 spiro atoms. The zero-order valence-electron chi connectivity index (χ0n) is 19.9. The third-order valence-corrected chi connectivity index (χ3v) is 5.55. The first-order valence-electron chi connectivity index (χ1n) is 11.7. The third-order valence-electron chi connectivity index (χ3n) is 5.55. The molecule has 2 rings (SSSR count). The first-order chi connectivity index (χ1) is 16.5. The summed E-state index contributed by atoms with van der Waals surface area (Å²) in [5.74, 6) is -1.28. The largest absolute Gasteiger partial charge is 0.491 e. The van der Waals surface area contributed by atoms with Gasteiger partial charge in [-0.2, -0.15) is 13.2 Å². The van der Waals surface area contributed by atoms with E-state index in [1.54, 1.807) is 19.9 Å². The molecule has 0 heterocycles. The molecule has 1 aromatic carbocycles. The van der Waals surface area contributed by atoms with Gasteiger partial charge in [-0.1, -0.05) is 30.4 Å². The minimum Gasteiger partial charge on any atom is -0.491 e. The van der Waals surface area contributed by atoms with Crippen molar-refractivity contribution in [3.05, 3.63) is 54.1 Å². The van der Waals surface area contributed by atoms with Gasteiger partial charge in [0.1, 0.15) is 24.2 Å². The summed E-state index contributed by atoms with van der Waals surface area (Å²) < 4.78 is 48.7. The van der Waals surface area contributed by atoms with Crippen LogP contribution in [-0.4, -0.2) is 46.9 Å². The van der Waals surface area contributed by atoms with Crippen LogP contribution in [0.1, 0.15) is 51.5 Å². The average molecular weight is 499 g/mol. The molecule has 0 radical (unpaired) electrons. The Morgan fingerprint density at radius 1 is 1.26 bits per heavy atom. The molecule has 9 heteroatoms. The summed E-state index contributed by atoms with van der Waals surface area (Å²) in [4.78, 5) is 23.8. The lowest BCUT2D eigenvalue weighted by Gasteiger charge is -2.17. The van der Waals surface area contributed by atoms with Gasteiger partial charge in [0.15, 0.2) is 0 Å². The monoisotopic (exact) mass is 498 g/mol. The fourth-order valence-corrected chi connectivity index (χ4v) is 3.83. The van der Waals surface area contributed by atoms with Crippen LogP contribution >= 0.6 is 0 Å². The molecule has 0 amide bonds. The van der Waals surface area contributed by atoms with Crippen molar-refractivity contribution in [1.82, 2.24) is 0 Å². The molecule has 2 N–H and O–H groups in total. The minimum atomic E-state index is -4.49. The lowest BCUT2D eigenvalue weighted by molar-refractivity contribution is -0.147. The van der Waals surface area contributed by atoms with Crippen LogP contribution in [0.3, 0.4) is 0 Å². The van der Waals surface area contributed by atoms with Crippen LogP contribution in [-0.2, 0) is 20.5 Å². The van der Waals surface area contributed by atoms with E-state index >= 15 is 0 Å². The highest BCUT2D eigenvalue weighted by molar-refractivity contribution is 5.84. The highest BCUT2D eigenvalue weighted by Crippen LogP contribution is 2.34. The van der Waals surface area contributed by atoms with E-state index in [1.165, 1.54) is 18.2 Å². The fourth-order valence-electron chi connectivity index (χ4n) is 3.83. The van der Waals surface area contributed by atoms with E-state index in [0.29, 0.717) is 25.7 Å². The summed E-state index contributed by atoms with van der Waals surface area (Å²) >= 11 is 0. The average Bonchev–Trinajstić information content (AvgIpc) is 3.04. The summed E-state index contributed by atoms with van der Waals surface area (Å²) in [6.45, 7) is 3.30. The summed E-state index contributed by atoms with van der Waals surface area (Å²) in [5, 5.41) is 20.4. The summed E-state index contributed by atoms with van der Waals surface area (Å²) in [7, 11) is 0. The first kappa shape index (κ1) is 28.6. The Hall–Kier alpha value is -2.65. The number of aliphatic hydroxyl groups is 2. The molecular weight excluding hydrogens is 465 g/mol. The molecule has 0 aliphatic heterocycles. The smallest absolute Gasteiger partial charge is 0.416 e. The van der Waals surface area contributed by atoms with Gasteiger partial charge in [-0.05, 0) is 51.3 Å². The highest BCUT2D eigenvalue weighted by Gasteiger charge is 2.39. The van der Waals surface area contributed by atoms with E-state index in [0.717, 1.165) is 12.1 Å². The molecular formula is C26H33F3O6. The Morgan fingerprint density at radius 3 is 2.69 bits per heavy atom. The van der Waals surface area contributed by atoms with Crippen LogP contribution in [0.4, 0.5) is 13.2 Å². The number of rotatable bonds is 12. The Morgan fingerprint density at radius 2 is 2.00 bits per heavy atom. The summed E-state index contributed by atoms with van der Waals surface area (Å²) in [6, 6.07) is 4.36. The van der Waals surface area contributed by atoms with Gasteiger partial charge < -0.3 is 19.7 Å². The normalized spacial score (nSPS) is 21.8. The maximum Gasteiger partial charge on any atom is 0.416 e. The van der Waals surface area contributed by atoms with Crippen LogP contribution in [0.2, 0.25) is 0 Å². The molecule has 194 valence electrons. The number of ether oxygens (including phenoxy) is 2. The number of hydrogen-bond acceptors (Lipinski definition) is 6. The van der Waals surface area contributed by atoms with Crippen molar-refractivity contribution in [3.63, 3.8) is 0 Å². The predicted molar refractivity (Wildman–Crippen MR) is 124 cm³/mol. The summed E-state index contributed by atoms with van der Waals surface area (Å²) in [5.41, 5.74) is -0.848. The number of aliphatic hydroxyl groups excluding tert-OH is 2. The number of carbonyl (C=O) groups is 2. The van der Waals surface area contributed by atoms with Crippen LogP contribution in [0, 0.1) is 11.8 Å².